The fourth-order valence-electron chi connectivity index (χ4n) is 2.04. The molecule has 2 rings (SSSR count). The lowest BCUT2D eigenvalue weighted by atomic mass is 10.00. The van der Waals surface area contributed by atoms with Gasteiger partial charge in [-0.3, -0.25) is 4.68 Å². The number of hydrogen-bond donors (Lipinski definition) is 1. The maximum absolute atomic E-state index is 6.26. The van der Waals surface area contributed by atoms with Crippen molar-refractivity contribution in [2.24, 2.45) is 12.8 Å². The molecule has 2 heterocycles. The second kappa shape index (κ2) is 5.27. The quantitative estimate of drug-likeness (QED) is 0.882. The zero-order valence-corrected chi connectivity index (χ0v) is 11.1. The lowest BCUT2D eigenvalue weighted by Crippen LogP contribution is -2.17. The van der Waals surface area contributed by atoms with E-state index >= 15 is 0 Å². The molecule has 0 saturated heterocycles. The summed E-state index contributed by atoms with van der Waals surface area (Å²) in [6, 6.07) is 3.94. The van der Waals surface area contributed by atoms with Crippen LogP contribution in [0.15, 0.2) is 18.3 Å². The van der Waals surface area contributed by atoms with Crippen molar-refractivity contribution in [3.05, 3.63) is 41.0 Å². The van der Waals surface area contributed by atoms with Crippen molar-refractivity contribution in [3.63, 3.8) is 0 Å². The van der Waals surface area contributed by atoms with Crippen molar-refractivity contribution in [1.82, 2.24) is 20.0 Å². The van der Waals surface area contributed by atoms with Crippen LogP contribution in [0.5, 0.6) is 0 Å². The van der Waals surface area contributed by atoms with Crippen LogP contribution in [0, 0.1) is 6.92 Å². The first-order valence-corrected chi connectivity index (χ1v) is 6.17. The minimum absolute atomic E-state index is 0.0796. The fraction of sp³-hybridized carbons (Fsp3) is 0.462. The van der Waals surface area contributed by atoms with Crippen LogP contribution in [0.3, 0.4) is 0 Å². The van der Waals surface area contributed by atoms with Crippen LogP contribution in [0.1, 0.15) is 35.6 Å². The van der Waals surface area contributed by atoms with Crippen LogP contribution in [-0.4, -0.2) is 20.0 Å². The van der Waals surface area contributed by atoms with Crippen LogP contribution >= 0.6 is 0 Å². The Bertz CT molecular complexity index is 532. The molecule has 0 fully saturated rings. The summed E-state index contributed by atoms with van der Waals surface area (Å²) in [4.78, 5) is 0. The van der Waals surface area contributed by atoms with Gasteiger partial charge in [0.25, 0.3) is 0 Å². The van der Waals surface area contributed by atoms with E-state index in [1.807, 2.05) is 32.3 Å². The lowest BCUT2D eigenvalue weighted by Gasteiger charge is -2.14. The van der Waals surface area contributed by atoms with E-state index in [0.29, 0.717) is 0 Å². The third-order valence-electron chi connectivity index (χ3n) is 2.96. The average Bonchev–Trinajstić information content (AvgIpc) is 2.74. The van der Waals surface area contributed by atoms with Gasteiger partial charge in [0.2, 0.25) is 0 Å². The topological polar surface area (TPSA) is 69.6 Å². The van der Waals surface area contributed by atoms with Crippen molar-refractivity contribution in [1.29, 1.82) is 0 Å². The largest absolute Gasteiger partial charge is 0.324 e. The Labute approximate surface area is 107 Å². The molecule has 5 nitrogen and oxygen atoms in total. The summed E-state index contributed by atoms with van der Waals surface area (Å²) in [7, 11) is 1.91. The zero-order chi connectivity index (χ0) is 13.1. The number of nitrogens with two attached hydrogens (primary N) is 1. The van der Waals surface area contributed by atoms with Gasteiger partial charge in [0.05, 0.1) is 17.1 Å². The van der Waals surface area contributed by atoms with Crippen LogP contribution in [0.4, 0.5) is 0 Å². The smallest absolute Gasteiger partial charge is 0.0676 e. The van der Waals surface area contributed by atoms with E-state index in [4.69, 9.17) is 5.73 Å². The Morgan fingerprint density at radius 2 is 2.17 bits per heavy atom. The Morgan fingerprint density at radius 1 is 1.39 bits per heavy atom. The molecule has 1 unspecified atom stereocenters. The standard InChI is InChI=1S/C13H19N5/c1-4-13-11(7-9(2)15-16-13)12(14)8-10-5-6-18(3)17-10/h5-7,12H,4,8,14H2,1-3H3. The number of rotatable bonds is 4. The SMILES string of the molecule is CCc1nnc(C)cc1C(N)Cc1ccn(C)n1. The predicted molar refractivity (Wildman–Crippen MR) is 70.0 cm³/mol. The summed E-state index contributed by atoms with van der Waals surface area (Å²) in [5.74, 6) is 0. The first-order valence-electron chi connectivity index (χ1n) is 6.17. The van der Waals surface area contributed by atoms with Crippen LogP contribution in [0.2, 0.25) is 0 Å². The first-order chi connectivity index (χ1) is 8.60. The Morgan fingerprint density at radius 3 is 2.78 bits per heavy atom. The van der Waals surface area contributed by atoms with Crippen LogP contribution in [-0.2, 0) is 19.9 Å². The molecule has 0 radical (unpaired) electrons. The van der Waals surface area contributed by atoms with Gasteiger partial charge in [0, 0.05) is 25.7 Å². The molecule has 0 saturated carbocycles. The molecule has 2 N–H and O–H groups in total. The summed E-state index contributed by atoms with van der Waals surface area (Å²) in [5, 5.41) is 12.6. The average molecular weight is 245 g/mol. The lowest BCUT2D eigenvalue weighted by molar-refractivity contribution is 0.659. The molecule has 2 aromatic heterocycles. The zero-order valence-electron chi connectivity index (χ0n) is 11.1. The van der Waals surface area contributed by atoms with Crippen LogP contribution < -0.4 is 5.73 Å². The van der Waals surface area contributed by atoms with E-state index in [1.165, 1.54) is 0 Å². The van der Waals surface area contributed by atoms with E-state index in [2.05, 4.69) is 22.2 Å². The molecule has 0 bridgehead atoms. The Hall–Kier alpha value is -1.75. The molecular formula is C13H19N5. The molecule has 18 heavy (non-hydrogen) atoms. The van der Waals surface area contributed by atoms with Crippen molar-refractivity contribution in [3.8, 4) is 0 Å². The van der Waals surface area contributed by atoms with Gasteiger partial charge in [-0.25, -0.2) is 0 Å². The number of aryl methyl sites for hydroxylation is 3. The fourth-order valence-corrected chi connectivity index (χ4v) is 2.04. The van der Waals surface area contributed by atoms with E-state index < -0.39 is 0 Å². The summed E-state index contributed by atoms with van der Waals surface area (Å²) >= 11 is 0. The maximum atomic E-state index is 6.26. The van der Waals surface area contributed by atoms with Crippen molar-refractivity contribution >= 4 is 0 Å². The van der Waals surface area contributed by atoms with Gasteiger partial charge >= 0.3 is 0 Å². The van der Waals surface area contributed by atoms with Crippen molar-refractivity contribution in [2.45, 2.75) is 32.7 Å². The number of aromatic nitrogens is 4. The molecule has 1 atom stereocenters. The molecule has 0 aliphatic rings. The second-order valence-electron chi connectivity index (χ2n) is 4.53. The van der Waals surface area contributed by atoms with Crippen LogP contribution in [0.25, 0.3) is 0 Å². The third-order valence-corrected chi connectivity index (χ3v) is 2.96. The van der Waals surface area contributed by atoms with Gasteiger partial charge in [-0.05, 0) is 31.0 Å². The molecule has 0 aromatic carbocycles. The molecule has 0 spiro atoms. The minimum Gasteiger partial charge on any atom is -0.324 e. The second-order valence-corrected chi connectivity index (χ2v) is 4.53. The molecule has 0 aliphatic carbocycles. The van der Waals surface area contributed by atoms with Gasteiger partial charge in [0.15, 0.2) is 0 Å². The Kier molecular flexibility index (Phi) is 3.72. The molecule has 0 amide bonds. The number of nitrogens with zero attached hydrogens (tertiary/aromatic N) is 4. The normalized spacial score (nSPS) is 12.7. The van der Waals surface area contributed by atoms with E-state index in [-0.39, 0.29) is 6.04 Å². The van der Waals surface area contributed by atoms with Crippen molar-refractivity contribution < 1.29 is 0 Å². The molecule has 0 aliphatic heterocycles. The minimum atomic E-state index is -0.0796. The molecular weight excluding hydrogens is 226 g/mol. The van der Waals surface area contributed by atoms with E-state index in [0.717, 1.165) is 35.5 Å². The molecule has 5 heteroatoms. The summed E-state index contributed by atoms with van der Waals surface area (Å²) in [5.41, 5.74) is 10.2. The third kappa shape index (κ3) is 2.73. The monoisotopic (exact) mass is 245 g/mol. The summed E-state index contributed by atoms with van der Waals surface area (Å²) in [6.07, 6.45) is 3.50. The summed E-state index contributed by atoms with van der Waals surface area (Å²) in [6.45, 7) is 4.00. The molecule has 2 aromatic rings. The first kappa shape index (κ1) is 12.7. The van der Waals surface area contributed by atoms with Gasteiger partial charge in [-0.2, -0.15) is 15.3 Å². The predicted octanol–water partition coefficient (Wildman–Crippen LogP) is 1.32. The van der Waals surface area contributed by atoms with Gasteiger partial charge < -0.3 is 5.73 Å². The van der Waals surface area contributed by atoms with E-state index in [1.54, 1.807) is 4.68 Å². The number of hydrogen-bond acceptors (Lipinski definition) is 4. The van der Waals surface area contributed by atoms with Gasteiger partial charge in [-0.15, -0.1) is 0 Å². The Balaban J connectivity index is 2.22. The highest BCUT2D eigenvalue weighted by atomic mass is 15.2. The highest BCUT2D eigenvalue weighted by molar-refractivity contribution is 5.25. The van der Waals surface area contributed by atoms with Crippen molar-refractivity contribution in [2.75, 3.05) is 0 Å². The maximum Gasteiger partial charge on any atom is 0.0676 e. The summed E-state index contributed by atoms with van der Waals surface area (Å²) < 4.78 is 1.79. The van der Waals surface area contributed by atoms with E-state index in [9.17, 15) is 0 Å². The molecule has 96 valence electrons. The van der Waals surface area contributed by atoms with Gasteiger partial charge in [-0.1, -0.05) is 6.92 Å². The highest BCUT2D eigenvalue weighted by Crippen LogP contribution is 2.18. The van der Waals surface area contributed by atoms with Gasteiger partial charge in [0.1, 0.15) is 0 Å². The highest BCUT2D eigenvalue weighted by Gasteiger charge is 2.14.